The van der Waals surface area contributed by atoms with Gasteiger partial charge in [-0.25, -0.2) is 0 Å². The summed E-state index contributed by atoms with van der Waals surface area (Å²) in [5.74, 6) is 1.28. The van der Waals surface area contributed by atoms with E-state index in [4.69, 9.17) is 22.1 Å². The van der Waals surface area contributed by atoms with Crippen LogP contribution in [0, 0.1) is 6.92 Å². The van der Waals surface area contributed by atoms with Gasteiger partial charge in [0.15, 0.2) is 0 Å². The highest BCUT2D eigenvalue weighted by molar-refractivity contribution is 6.31. The summed E-state index contributed by atoms with van der Waals surface area (Å²) < 4.78 is 5.77. The molecule has 2 N–H and O–H groups in total. The van der Waals surface area contributed by atoms with Crippen LogP contribution in [0.4, 0.5) is 0 Å². The van der Waals surface area contributed by atoms with Gasteiger partial charge in [0.2, 0.25) is 0 Å². The Hall–Kier alpha value is -1.51. The van der Waals surface area contributed by atoms with Gasteiger partial charge in [0, 0.05) is 5.02 Å². The summed E-state index contributed by atoms with van der Waals surface area (Å²) in [6, 6.07) is 16.2. The summed E-state index contributed by atoms with van der Waals surface area (Å²) in [7, 11) is 0. The molecule has 0 amide bonds. The summed E-state index contributed by atoms with van der Waals surface area (Å²) in [6.45, 7) is 3.35. The first-order valence-electron chi connectivity index (χ1n) is 7.34. The highest BCUT2D eigenvalue weighted by Gasteiger charge is 2.09. The van der Waals surface area contributed by atoms with Crippen LogP contribution >= 0.6 is 11.6 Å². The Kier molecular flexibility index (Phi) is 6.09. The van der Waals surface area contributed by atoms with Crippen molar-refractivity contribution in [3.8, 4) is 5.75 Å². The molecule has 0 bridgehead atoms. The number of nitrogens with two attached hydrogens (primary N) is 1. The highest BCUT2D eigenvalue weighted by atomic mass is 35.5. The molecule has 2 rings (SSSR count). The molecule has 0 heterocycles. The summed E-state index contributed by atoms with van der Waals surface area (Å²) in [5.41, 5.74) is 8.23. The monoisotopic (exact) mass is 303 g/mol. The van der Waals surface area contributed by atoms with Crippen molar-refractivity contribution >= 4 is 11.6 Å². The average Bonchev–Trinajstić information content (AvgIpc) is 2.52. The molecule has 1 atom stereocenters. The van der Waals surface area contributed by atoms with Gasteiger partial charge in [0.25, 0.3) is 0 Å². The summed E-state index contributed by atoms with van der Waals surface area (Å²) in [4.78, 5) is 0. The third-order valence-electron chi connectivity index (χ3n) is 3.65. The zero-order chi connectivity index (χ0) is 15.1. The van der Waals surface area contributed by atoms with Crippen molar-refractivity contribution < 1.29 is 4.74 Å². The van der Waals surface area contributed by atoms with Crippen molar-refractivity contribution in [2.45, 2.75) is 25.7 Å². The van der Waals surface area contributed by atoms with E-state index in [1.807, 2.05) is 31.2 Å². The predicted octanol–water partition coefficient (Wildman–Crippen LogP) is 4.55. The quantitative estimate of drug-likeness (QED) is 0.762. The van der Waals surface area contributed by atoms with Gasteiger partial charge < -0.3 is 10.5 Å². The van der Waals surface area contributed by atoms with Crippen LogP contribution < -0.4 is 10.5 Å². The van der Waals surface area contributed by atoms with Gasteiger partial charge in [-0.3, -0.25) is 0 Å². The fourth-order valence-corrected chi connectivity index (χ4v) is 2.49. The molecule has 0 aliphatic rings. The second kappa shape index (κ2) is 8.06. The third-order valence-corrected chi connectivity index (χ3v) is 4.07. The van der Waals surface area contributed by atoms with Crippen LogP contribution in [-0.4, -0.2) is 13.2 Å². The van der Waals surface area contributed by atoms with Gasteiger partial charge in [0.05, 0.1) is 6.61 Å². The lowest BCUT2D eigenvalue weighted by atomic mass is 9.95. The molecule has 0 fully saturated rings. The standard InChI is InChI=1S/C18H22ClNO/c1-14-12-17(9-10-18(14)19)21-11-5-8-16(13-20)15-6-3-2-4-7-15/h2-4,6-7,9-10,12,16H,5,8,11,13,20H2,1H3. The maximum Gasteiger partial charge on any atom is 0.119 e. The number of halogens is 1. The van der Waals surface area contributed by atoms with E-state index in [9.17, 15) is 0 Å². The molecule has 0 radical (unpaired) electrons. The number of benzene rings is 2. The number of hydrogen-bond donors (Lipinski definition) is 1. The van der Waals surface area contributed by atoms with Crippen molar-refractivity contribution in [3.05, 3.63) is 64.7 Å². The molecule has 0 aliphatic carbocycles. The van der Waals surface area contributed by atoms with Gasteiger partial charge in [-0.15, -0.1) is 0 Å². The molecule has 0 aliphatic heterocycles. The van der Waals surface area contributed by atoms with Crippen LogP contribution in [0.3, 0.4) is 0 Å². The minimum absolute atomic E-state index is 0.404. The summed E-state index contributed by atoms with van der Waals surface area (Å²) in [6.07, 6.45) is 2.02. The molecule has 2 aromatic carbocycles. The highest BCUT2D eigenvalue weighted by Crippen LogP contribution is 2.22. The Morgan fingerprint density at radius 3 is 2.57 bits per heavy atom. The molecule has 3 heteroatoms. The zero-order valence-corrected chi connectivity index (χ0v) is 13.1. The van der Waals surface area contributed by atoms with Crippen molar-refractivity contribution in [1.29, 1.82) is 0 Å². The lowest BCUT2D eigenvalue weighted by molar-refractivity contribution is 0.301. The SMILES string of the molecule is Cc1cc(OCCCC(CN)c2ccccc2)ccc1Cl. The van der Waals surface area contributed by atoms with Crippen molar-refractivity contribution in [3.63, 3.8) is 0 Å². The Balaban J connectivity index is 1.79. The molecule has 2 aromatic rings. The minimum Gasteiger partial charge on any atom is -0.494 e. The fraction of sp³-hybridized carbons (Fsp3) is 0.333. The topological polar surface area (TPSA) is 35.2 Å². The van der Waals surface area contributed by atoms with E-state index in [1.165, 1.54) is 5.56 Å². The molecule has 112 valence electrons. The van der Waals surface area contributed by atoms with Crippen LogP contribution in [0.1, 0.15) is 29.9 Å². The second-order valence-corrected chi connectivity index (χ2v) is 5.65. The fourth-order valence-electron chi connectivity index (χ4n) is 2.37. The van der Waals surface area contributed by atoms with E-state index in [0.29, 0.717) is 19.1 Å². The smallest absolute Gasteiger partial charge is 0.119 e. The van der Waals surface area contributed by atoms with Gasteiger partial charge in [-0.05, 0) is 61.6 Å². The Bertz CT molecular complexity index is 556. The van der Waals surface area contributed by atoms with Gasteiger partial charge in [0.1, 0.15) is 5.75 Å². The summed E-state index contributed by atoms with van der Waals surface area (Å²) >= 11 is 6.00. The van der Waals surface area contributed by atoms with E-state index >= 15 is 0 Å². The minimum atomic E-state index is 0.404. The van der Waals surface area contributed by atoms with Crippen LogP contribution in [0.5, 0.6) is 5.75 Å². The van der Waals surface area contributed by atoms with Crippen LogP contribution in [0.15, 0.2) is 48.5 Å². The van der Waals surface area contributed by atoms with E-state index in [-0.39, 0.29) is 0 Å². The molecule has 21 heavy (non-hydrogen) atoms. The normalized spacial score (nSPS) is 12.1. The number of aryl methyl sites for hydroxylation is 1. The molecule has 0 aromatic heterocycles. The van der Waals surface area contributed by atoms with Crippen molar-refractivity contribution in [2.24, 2.45) is 5.73 Å². The number of hydrogen-bond acceptors (Lipinski definition) is 2. The maximum absolute atomic E-state index is 6.00. The van der Waals surface area contributed by atoms with Crippen LogP contribution in [0.2, 0.25) is 5.02 Å². The Morgan fingerprint density at radius 1 is 1.14 bits per heavy atom. The first-order chi connectivity index (χ1) is 10.2. The molecular weight excluding hydrogens is 282 g/mol. The third kappa shape index (κ3) is 4.76. The number of rotatable bonds is 7. The average molecular weight is 304 g/mol. The Morgan fingerprint density at radius 2 is 1.90 bits per heavy atom. The Labute approximate surface area is 131 Å². The molecular formula is C18H22ClNO. The van der Waals surface area contributed by atoms with E-state index in [2.05, 4.69) is 24.3 Å². The molecule has 0 spiro atoms. The van der Waals surface area contributed by atoms with Gasteiger partial charge >= 0.3 is 0 Å². The van der Waals surface area contributed by atoms with Crippen molar-refractivity contribution in [2.75, 3.05) is 13.2 Å². The first kappa shape index (κ1) is 15.9. The van der Waals surface area contributed by atoms with Crippen LogP contribution in [-0.2, 0) is 0 Å². The zero-order valence-electron chi connectivity index (χ0n) is 12.4. The lowest BCUT2D eigenvalue weighted by Gasteiger charge is -2.15. The summed E-state index contributed by atoms with van der Waals surface area (Å²) in [5, 5.41) is 0.773. The van der Waals surface area contributed by atoms with Gasteiger partial charge in [-0.2, -0.15) is 0 Å². The molecule has 0 saturated carbocycles. The van der Waals surface area contributed by atoms with Crippen LogP contribution in [0.25, 0.3) is 0 Å². The molecule has 1 unspecified atom stereocenters. The molecule has 2 nitrogen and oxygen atoms in total. The van der Waals surface area contributed by atoms with E-state index in [1.54, 1.807) is 0 Å². The second-order valence-electron chi connectivity index (χ2n) is 5.24. The first-order valence-corrected chi connectivity index (χ1v) is 7.72. The molecule has 0 saturated heterocycles. The van der Waals surface area contributed by atoms with Gasteiger partial charge in [-0.1, -0.05) is 41.9 Å². The predicted molar refractivity (Wildman–Crippen MR) is 89.2 cm³/mol. The maximum atomic E-state index is 6.00. The largest absolute Gasteiger partial charge is 0.494 e. The van der Waals surface area contributed by atoms with E-state index < -0.39 is 0 Å². The number of ether oxygens (including phenoxy) is 1. The van der Waals surface area contributed by atoms with Crippen molar-refractivity contribution in [1.82, 2.24) is 0 Å². The van der Waals surface area contributed by atoms with E-state index in [0.717, 1.165) is 29.2 Å². The lowest BCUT2D eigenvalue weighted by Crippen LogP contribution is -2.13.